The minimum atomic E-state index is -1.16. The monoisotopic (exact) mass is 551 g/mol. The fourth-order valence-corrected chi connectivity index (χ4v) is 6.72. The molecule has 216 valence electrons. The maximum absolute atomic E-state index is 14.0. The number of carbonyl (C=O) groups is 2. The predicted octanol–water partition coefficient (Wildman–Crippen LogP) is 5.40. The van der Waals surface area contributed by atoms with Crippen LogP contribution in [0.25, 0.3) is 0 Å². The normalized spacial score (nSPS) is 25.1. The summed E-state index contributed by atoms with van der Waals surface area (Å²) >= 11 is 0. The van der Waals surface area contributed by atoms with Crippen molar-refractivity contribution >= 4 is 18.3 Å². The van der Waals surface area contributed by atoms with Crippen molar-refractivity contribution in [3.8, 4) is 0 Å². The van der Waals surface area contributed by atoms with Gasteiger partial charge in [-0.3, -0.25) is 9.79 Å². The van der Waals surface area contributed by atoms with Crippen molar-refractivity contribution in [1.82, 2.24) is 9.80 Å². The van der Waals surface area contributed by atoms with Crippen LogP contribution in [0.3, 0.4) is 0 Å². The van der Waals surface area contributed by atoms with Crippen LogP contribution in [0.5, 0.6) is 0 Å². The molecule has 0 spiro atoms. The van der Waals surface area contributed by atoms with Gasteiger partial charge in [-0.25, -0.2) is 9.18 Å². The number of ether oxygens (including phenoxy) is 2. The summed E-state index contributed by atoms with van der Waals surface area (Å²) in [6.07, 6.45) is 6.90. The van der Waals surface area contributed by atoms with Gasteiger partial charge in [-0.1, -0.05) is 55.3 Å². The van der Waals surface area contributed by atoms with Gasteiger partial charge in [0.1, 0.15) is 5.82 Å². The Morgan fingerprint density at radius 2 is 1.77 bits per heavy atom. The van der Waals surface area contributed by atoms with Gasteiger partial charge in [-0.15, -0.1) is 0 Å². The number of nitrogens with zero attached hydrogens (tertiary/aromatic N) is 3. The first-order valence-corrected chi connectivity index (χ1v) is 14.2. The molecule has 7 nitrogen and oxygen atoms in total. The van der Waals surface area contributed by atoms with Crippen LogP contribution in [0.1, 0.15) is 62.1 Å². The molecule has 0 saturated heterocycles. The highest BCUT2D eigenvalue weighted by atomic mass is 19.1. The SMILES string of the molecule is COC(=O)CCC1(C(=O)OC)N=CN(Cc2ccccc2)C1CC1CCC(C(c2cccc(F)c2)N(C)C)CC1. The highest BCUT2D eigenvalue weighted by molar-refractivity contribution is 5.87. The molecule has 2 aromatic carbocycles. The van der Waals surface area contributed by atoms with Gasteiger partial charge in [0, 0.05) is 19.0 Å². The van der Waals surface area contributed by atoms with E-state index in [2.05, 4.69) is 36.0 Å². The van der Waals surface area contributed by atoms with E-state index in [1.165, 1.54) is 20.3 Å². The van der Waals surface area contributed by atoms with Crippen LogP contribution in [0.4, 0.5) is 4.39 Å². The van der Waals surface area contributed by atoms with E-state index < -0.39 is 11.5 Å². The van der Waals surface area contributed by atoms with Crippen LogP contribution < -0.4 is 0 Å². The van der Waals surface area contributed by atoms with Crippen LogP contribution in [-0.2, 0) is 25.6 Å². The molecule has 1 aliphatic heterocycles. The van der Waals surface area contributed by atoms with E-state index in [4.69, 9.17) is 14.5 Å². The van der Waals surface area contributed by atoms with Crippen molar-refractivity contribution in [2.75, 3.05) is 28.3 Å². The van der Waals surface area contributed by atoms with Gasteiger partial charge in [-0.2, -0.15) is 0 Å². The summed E-state index contributed by atoms with van der Waals surface area (Å²) in [6.45, 7) is 0.615. The third-order valence-electron chi connectivity index (χ3n) is 8.71. The first-order chi connectivity index (χ1) is 19.3. The van der Waals surface area contributed by atoms with E-state index in [0.29, 0.717) is 18.4 Å². The van der Waals surface area contributed by atoms with Gasteiger partial charge in [0.05, 0.1) is 26.6 Å². The maximum Gasteiger partial charge on any atom is 0.335 e. The van der Waals surface area contributed by atoms with Crippen LogP contribution in [0, 0.1) is 17.7 Å². The standard InChI is InChI=1S/C32H42FN3O4/c1-35(2)30(26-11-8-12-27(33)20-26)25-15-13-23(14-16-25)19-28-32(31(38)40-4,18-17-29(37)39-3)34-22-36(28)21-24-9-6-5-7-10-24/h5-12,20,22-23,25,28,30H,13-19,21H2,1-4H3. The lowest BCUT2D eigenvalue weighted by Gasteiger charge is -2.41. The summed E-state index contributed by atoms with van der Waals surface area (Å²) in [5, 5.41) is 0. The van der Waals surface area contributed by atoms with Gasteiger partial charge in [0.15, 0.2) is 5.54 Å². The molecule has 2 aromatic rings. The summed E-state index contributed by atoms with van der Waals surface area (Å²) in [5.41, 5.74) is 0.974. The Morgan fingerprint density at radius 1 is 1.05 bits per heavy atom. The molecule has 2 aliphatic rings. The number of aliphatic imine (C=N–C) groups is 1. The average molecular weight is 552 g/mol. The van der Waals surface area contributed by atoms with Gasteiger partial charge in [-0.05, 0) is 74.9 Å². The summed E-state index contributed by atoms with van der Waals surface area (Å²) < 4.78 is 24.2. The number of benzene rings is 2. The molecule has 0 bridgehead atoms. The minimum Gasteiger partial charge on any atom is -0.469 e. The summed E-state index contributed by atoms with van der Waals surface area (Å²) in [6, 6.07) is 17.0. The Bertz CT molecular complexity index is 1170. The third-order valence-corrected chi connectivity index (χ3v) is 8.71. The number of rotatable bonds is 11. The lowest BCUT2D eigenvalue weighted by Crippen LogP contribution is -2.52. The summed E-state index contributed by atoms with van der Waals surface area (Å²) in [4.78, 5) is 34.6. The average Bonchev–Trinajstić information content (AvgIpc) is 3.30. The zero-order valence-electron chi connectivity index (χ0n) is 24.1. The molecule has 0 aromatic heterocycles. The highest BCUT2D eigenvalue weighted by Crippen LogP contribution is 2.44. The molecule has 0 amide bonds. The fourth-order valence-electron chi connectivity index (χ4n) is 6.72. The zero-order valence-corrected chi connectivity index (χ0v) is 24.1. The first kappa shape index (κ1) is 29.7. The second-order valence-corrected chi connectivity index (χ2v) is 11.4. The lowest BCUT2D eigenvalue weighted by atomic mass is 9.72. The molecule has 4 rings (SSSR count). The molecule has 40 heavy (non-hydrogen) atoms. The predicted molar refractivity (Wildman–Crippen MR) is 153 cm³/mol. The summed E-state index contributed by atoms with van der Waals surface area (Å²) in [5.74, 6) is -0.187. The number of methoxy groups -OCH3 is 2. The molecule has 0 radical (unpaired) electrons. The minimum absolute atomic E-state index is 0.0868. The number of carbonyl (C=O) groups excluding carboxylic acids is 2. The number of esters is 2. The molecule has 1 heterocycles. The molecular weight excluding hydrogens is 509 g/mol. The third kappa shape index (κ3) is 6.72. The van der Waals surface area contributed by atoms with E-state index in [-0.39, 0.29) is 36.7 Å². The Balaban J connectivity index is 1.53. The van der Waals surface area contributed by atoms with Crippen molar-refractivity contribution in [1.29, 1.82) is 0 Å². The van der Waals surface area contributed by atoms with E-state index in [1.807, 2.05) is 24.3 Å². The number of halogens is 1. The van der Waals surface area contributed by atoms with Crippen LogP contribution in [-0.4, -0.2) is 68.0 Å². The molecule has 1 aliphatic carbocycles. The highest BCUT2D eigenvalue weighted by Gasteiger charge is 2.53. The van der Waals surface area contributed by atoms with Crippen LogP contribution in [0.15, 0.2) is 59.6 Å². The smallest absolute Gasteiger partial charge is 0.335 e. The van der Waals surface area contributed by atoms with Gasteiger partial charge in [0.25, 0.3) is 0 Å². The van der Waals surface area contributed by atoms with Gasteiger partial charge in [0.2, 0.25) is 0 Å². The van der Waals surface area contributed by atoms with Gasteiger partial charge >= 0.3 is 11.9 Å². The number of hydrogen-bond acceptors (Lipinski definition) is 7. The largest absolute Gasteiger partial charge is 0.469 e. The van der Waals surface area contributed by atoms with Crippen molar-refractivity contribution in [3.05, 3.63) is 71.5 Å². The lowest BCUT2D eigenvalue weighted by molar-refractivity contribution is -0.150. The second-order valence-electron chi connectivity index (χ2n) is 11.4. The Labute approximate surface area is 237 Å². The Kier molecular flexibility index (Phi) is 9.95. The van der Waals surface area contributed by atoms with Crippen molar-refractivity contribution in [2.24, 2.45) is 16.8 Å². The molecule has 3 unspecified atom stereocenters. The molecule has 1 fully saturated rings. The van der Waals surface area contributed by atoms with E-state index in [0.717, 1.165) is 43.2 Å². The van der Waals surface area contributed by atoms with Crippen molar-refractivity contribution in [3.63, 3.8) is 0 Å². The Hall–Kier alpha value is -3.26. The molecule has 8 heteroatoms. The second kappa shape index (κ2) is 13.4. The zero-order chi connectivity index (χ0) is 28.7. The van der Waals surface area contributed by atoms with Crippen molar-refractivity contribution < 1.29 is 23.5 Å². The van der Waals surface area contributed by atoms with Gasteiger partial charge < -0.3 is 19.3 Å². The number of hydrogen-bond donors (Lipinski definition) is 0. The molecule has 3 atom stereocenters. The van der Waals surface area contributed by atoms with E-state index in [9.17, 15) is 14.0 Å². The fraction of sp³-hybridized carbons (Fsp3) is 0.531. The van der Waals surface area contributed by atoms with Crippen LogP contribution >= 0.6 is 0 Å². The molecule has 1 saturated carbocycles. The van der Waals surface area contributed by atoms with E-state index >= 15 is 0 Å². The quantitative estimate of drug-likeness (QED) is 0.348. The Morgan fingerprint density at radius 3 is 2.40 bits per heavy atom. The van der Waals surface area contributed by atoms with Crippen LogP contribution in [0.2, 0.25) is 0 Å². The van der Waals surface area contributed by atoms with Crippen molar-refractivity contribution in [2.45, 2.75) is 69.1 Å². The summed E-state index contributed by atoms with van der Waals surface area (Å²) in [7, 11) is 6.86. The topological polar surface area (TPSA) is 71.4 Å². The maximum atomic E-state index is 14.0. The molecule has 0 N–H and O–H groups in total. The molecular formula is C32H42FN3O4. The van der Waals surface area contributed by atoms with E-state index in [1.54, 1.807) is 18.5 Å². The first-order valence-electron chi connectivity index (χ1n) is 14.2.